The average molecular weight is 438 g/mol. The van der Waals surface area contributed by atoms with E-state index in [4.69, 9.17) is 4.52 Å². The molecule has 29 heavy (non-hydrogen) atoms. The first-order valence-electron chi connectivity index (χ1n) is 9.89. The molecular weight excluding hydrogens is 410 g/mol. The lowest BCUT2D eigenvalue weighted by Crippen LogP contribution is -2.45. The van der Waals surface area contributed by atoms with Gasteiger partial charge < -0.3 is 9.84 Å². The number of carbonyl (C=O) groups is 1. The fourth-order valence-electron chi connectivity index (χ4n) is 3.38. The summed E-state index contributed by atoms with van der Waals surface area (Å²) in [7, 11) is -3.81. The molecule has 0 aliphatic carbocycles. The largest absolute Gasteiger partial charge is 0.356 e. The maximum Gasteiger partial charge on any atom is 0.248 e. The van der Waals surface area contributed by atoms with Crippen molar-refractivity contribution in [2.24, 2.45) is 5.92 Å². The highest BCUT2D eigenvalue weighted by atomic mass is 32.2. The first-order valence-corrected chi connectivity index (χ1v) is 12.2. The number of sulfonamides is 1. The van der Waals surface area contributed by atoms with E-state index in [2.05, 4.69) is 17.4 Å². The van der Waals surface area contributed by atoms with Crippen molar-refractivity contribution in [1.82, 2.24) is 14.8 Å². The maximum atomic E-state index is 13.3. The number of unbranched alkanes of at least 4 members (excludes halogenated alkanes) is 1. The minimum Gasteiger partial charge on any atom is -0.356 e. The number of nitrogens with zero attached hydrogens (tertiary/aromatic N) is 2. The van der Waals surface area contributed by atoms with Crippen molar-refractivity contribution in [1.29, 1.82) is 0 Å². The fraction of sp³-hybridized carbons (Fsp3) is 0.500. The summed E-state index contributed by atoms with van der Waals surface area (Å²) in [4.78, 5) is 13.5. The number of aryl methyl sites for hydroxylation is 1. The highest BCUT2D eigenvalue weighted by Crippen LogP contribution is 2.29. The van der Waals surface area contributed by atoms with Gasteiger partial charge in [0.15, 0.2) is 10.7 Å². The Labute approximate surface area is 175 Å². The first kappa shape index (κ1) is 21.7. The van der Waals surface area contributed by atoms with Gasteiger partial charge in [-0.2, -0.15) is 4.31 Å². The van der Waals surface area contributed by atoms with E-state index in [1.807, 2.05) is 23.6 Å². The summed E-state index contributed by atoms with van der Waals surface area (Å²) in [6.45, 7) is 4.88. The molecule has 0 aromatic carbocycles. The molecule has 7 nitrogen and oxygen atoms in total. The Morgan fingerprint density at radius 2 is 2.28 bits per heavy atom. The standard InChI is InChI=1S/C20H27N3O4S2/c1-3-4-11-21-20(24)16-7-5-12-23(14-16)29(25,26)19-15(2)22-27-18(19)10-9-17-8-6-13-28-17/h6,8-10,13,16H,3-5,7,11-12,14H2,1-2H3,(H,21,24). The van der Waals surface area contributed by atoms with Crippen LogP contribution in [0.25, 0.3) is 12.2 Å². The monoisotopic (exact) mass is 437 g/mol. The second kappa shape index (κ2) is 9.69. The summed E-state index contributed by atoms with van der Waals surface area (Å²) in [5, 5.41) is 8.74. The van der Waals surface area contributed by atoms with Crippen molar-refractivity contribution >= 4 is 39.4 Å². The fourth-order valence-corrected chi connectivity index (χ4v) is 5.77. The Kier molecular flexibility index (Phi) is 7.26. The maximum absolute atomic E-state index is 13.3. The minimum absolute atomic E-state index is 0.0711. The van der Waals surface area contributed by atoms with Gasteiger partial charge in [0.1, 0.15) is 5.69 Å². The molecule has 1 unspecified atom stereocenters. The Morgan fingerprint density at radius 1 is 1.45 bits per heavy atom. The number of aromatic nitrogens is 1. The molecule has 0 radical (unpaired) electrons. The molecule has 1 atom stereocenters. The molecule has 0 bridgehead atoms. The van der Waals surface area contributed by atoms with E-state index in [1.165, 1.54) is 4.31 Å². The van der Waals surface area contributed by atoms with Crippen LogP contribution in [0.3, 0.4) is 0 Å². The molecule has 1 N–H and O–H groups in total. The van der Waals surface area contributed by atoms with Crippen LogP contribution in [0.2, 0.25) is 0 Å². The topological polar surface area (TPSA) is 92.5 Å². The van der Waals surface area contributed by atoms with Crippen molar-refractivity contribution in [3.05, 3.63) is 33.8 Å². The van der Waals surface area contributed by atoms with Crippen LogP contribution < -0.4 is 5.32 Å². The summed E-state index contributed by atoms with van der Waals surface area (Å²) in [6.07, 6.45) is 6.70. The van der Waals surface area contributed by atoms with Crippen LogP contribution in [0.5, 0.6) is 0 Å². The van der Waals surface area contributed by atoms with Crippen molar-refractivity contribution in [3.8, 4) is 0 Å². The smallest absolute Gasteiger partial charge is 0.248 e. The van der Waals surface area contributed by atoms with Gasteiger partial charge in [-0.1, -0.05) is 24.6 Å². The number of piperidine rings is 1. The van der Waals surface area contributed by atoms with Gasteiger partial charge in [0.2, 0.25) is 15.9 Å². The van der Waals surface area contributed by atoms with Gasteiger partial charge in [-0.05, 0) is 49.8 Å². The van der Waals surface area contributed by atoms with Crippen LogP contribution in [-0.4, -0.2) is 43.4 Å². The summed E-state index contributed by atoms with van der Waals surface area (Å²) in [5.41, 5.74) is 0.324. The van der Waals surface area contributed by atoms with Crippen molar-refractivity contribution in [2.75, 3.05) is 19.6 Å². The van der Waals surface area contributed by atoms with Crippen LogP contribution >= 0.6 is 11.3 Å². The van der Waals surface area contributed by atoms with Crippen LogP contribution in [0.4, 0.5) is 0 Å². The zero-order valence-corrected chi connectivity index (χ0v) is 18.4. The number of amides is 1. The van der Waals surface area contributed by atoms with Gasteiger partial charge in [0.05, 0.1) is 5.92 Å². The molecule has 9 heteroatoms. The SMILES string of the molecule is CCCCNC(=O)C1CCCN(S(=O)(=O)c2c(C)noc2C=Cc2cccs2)C1. The van der Waals surface area contributed by atoms with E-state index < -0.39 is 10.0 Å². The Hall–Kier alpha value is -1.97. The molecule has 1 fully saturated rings. The molecule has 1 aliphatic rings. The zero-order valence-electron chi connectivity index (χ0n) is 16.8. The second-order valence-corrected chi connectivity index (χ2v) is 10.0. The van der Waals surface area contributed by atoms with Gasteiger partial charge in [-0.25, -0.2) is 8.42 Å². The number of nitrogens with one attached hydrogen (secondary N) is 1. The molecular formula is C20H27N3O4S2. The quantitative estimate of drug-likeness (QED) is 0.638. The molecule has 158 valence electrons. The third kappa shape index (κ3) is 5.15. The Balaban J connectivity index is 1.78. The average Bonchev–Trinajstić information content (AvgIpc) is 3.36. The van der Waals surface area contributed by atoms with Crippen LogP contribution in [0, 0.1) is 12.8 Å². The summed E-state index contributed by atoms with van der Waals surface area (Å²) >= 11 is 1.55. The van der Waals surface area contributed by atoms with Gasteiger partial charge in [0.25, 0.3) is 0 Å². The summed E-state index contributed by atoms with van der Waals surface area (Å²) < 4.78 is 33.4. The van der Waals surface area contributed by atoms with E-state index in [1.54, 1.807) is 24.3 Å². The molecule has 0 spiro atoms. The number of thiophene rings is 1. The van der Waals surface area contributed by atoms with Gasteiger partial charge in [-0.3, -0.25) is 4.79 Å². The zero-order chi connectivity index (χ0) is 20.9. The molecule has 1 aliphatic heterocycles. The first-order chi connectivity index (χ1) is 13.9. The normalized spacial score (nSPS) is 18.3. The van der Waals surface area contributed by atoms with E-state index in [9.17, 15) is 13.2 Å². The lowest BCUT2D eigenvalue weighted by Gasteiger charge is -2.31. The highest BCUT2D eigenvalue weighted by molar-refractivity contribution is 7.89. The third-order valence-electron chi connectivity index (χ3n) is 4.96. The molecule has 1 amide bonds. The molecule has 3 rings (SSSR count). The Morgan fingerprint density at radius 3 is 3.00 bits per heavy atom. The molecule has 2 aromatic rings. The molecule has 3 heterocycles. The van der Waals surface area contributed by atoms with Crippen LogP contribution in [-0.2, 0) is 14.8 Å². The van der Waals surface area contributed by atoms with Crippen LogP contribution in [0.1, 0.15) is 48.9 Å². The van der Waals surface area contributed by atoms with Crippen molar-refractivity contribution in [2.45, 2.75) is 44.4 Å². The predicted octanol–water partition coefficient (Wildman–Crippen LogP) is 3.53. The van der Waals surface area contributed by atoms with Crippen LogP contribution in [0.15, 0.2) is 26.9 Å². The number of hydrogen-bond acceptors (Lipinski definition) is 6. The van der Waals surface area contributed by atoms with E-state index in [0.717, 1.165) is 17.7 Å². The van der Waals surface area contributed by atoms with Crippen molar-refractivity contribution in [3.63, 3.8) is 0 Å². The predicted molar refractivity (Wildman–Crippen MR) is 114 cm³/mol. The van der Waals surface area contributed by atoms with E-state index in [0.29, 0.717) is 31.6 Å². The summed E-state index contributed by atoms with van der Waals surface area (Å²) in [5.74, 6) is -0.190. The van der Waals surface area contributed by atoms with Gasteiger partial charge in [-0.15, -0.1) is 11.3 Å². The van der Waals surface area contributed by atoms with Crippen molar-refractivity contribution < 1.29 is 17.7 Å². The second-order valence-electron chi connectivity index (χ2n) is 7.16. The lowest BCUT2D eigenvalue weighted by atomic mass is 9.99. The van der Waals surface area contributed by atoms with E-state index >= 15 is 0 Å². The Bertz CT molecular complexity index is 949. The minimum atomic E-state index is -3.81. The summed E-state index contributed by atoms with van der Waals surface area (Å²) in [6, 6.07) is 3.86. The van der Waals surface area contributed by atoms with Gasteiger partial charge in [0, 0.05) is 24.5 Å². The number of hydrogen-bond donors (Lipinski definition) is 1. The molecule has 1 saturated heterocycles. The van der Waals surface area contributed by atoms with Gasteiger partial charge >= 0.3 is 0 Å². The number of carbonyl (C=O) groups excluding carboxylic acids is 1. The molecule has 0 saturated carbocycles. The lowest BCUT2D eigenvalue weighted by molar-refractivity contribution is -0.126. The molecule has 2 aromatic heterocycles. The number of rotatable bonds is 8. The van der Waals surface area contributed by atoms with E-state index in [-0.39, 0.29) is 29.0 Å². The highest BCUT2D eigenvalue weighted by Gasteiger charge is 2.36. The third-order valence-corrected chi connectivity index (χ3v) is 7.82.